The topological polar surface area (TPSA) is 32.5 Å². The largest absolute Gasteiger partial charge is 0.329 e. The van der Waals surface area contributed by atoms with Crippen LogP contribution in [-0.4, -0.2) is 55.1 Å². The minimum absolute atomic E-state index is 0.265. The Morgan fingerprint density at radius 1 is 1.24 bits per heavy atom. The van der Waals surface area contributed by atoms with Gasteiger partial charge in [0.05, 0.1) is 0 Å². The molecule has 2 rings (SSSR count). The van der Waals surface area contributed by atoms with Crippen LogP contribution in [0.5, 0.6) is 0 Å². The second kappa shape index (κ2) is 5.25. The van der Waals surface area contributed by atoms with Gasteiger partial charge >= 0.3 is 0 Å². The molecule has 2 fully saturated rings. The van der Waals surface area contributed by atoms with E-state index in [1.807, 2.05) is 0 Å². The van der Waals surface area contributed by atoms with Gasteiger partial charge in [0.2, 0.25) is 0 Å². The molecule has 0 spiro atoms. The number of nitrogens with two attached hydrogens (primary N) is 1. The van der Waals surface area contributed by atoms with Crippen LogP contribution in [0.3, 0.4) is 0 Å². The summed E-state index contributed by atoms with van der Waals surface area (Å²) in [4.78, 5) is 5.16. The van der Waals surface area contributed by atoms with Gasteiger partial charge in [-0.2, -0.15) is 0 Å². The predicted octanol–water partition coefficient (Wildman–Crippen LogP) is 1.39. The number of piperidine rings is 2. The van der Waals surface area contributed by atoms with Crippen LogP contribution in [0.25, 0.3) is 0 Å². The maximum Gasteiger partial charge on any atom is 0.0458 e. The highest BCUT2D eigenvalue weighted by Gasteiger charge is 2.41. The zero-order chi connectivity index (χ0) is 12.5. The fourth-order valence-corrected chi connectivity index (χ4v) is 3.59. The summed E-state index contributed by atoms with van der Waals surface area (Å²) in [6, 6.07) is 0. The van der Waals surface area contributed by atoms with Crippen LogP contribution in [-0.2, 0) is 0 Å². The standard InChI is InChI=1S/C14H29N3/c1-12-5-8-17(9-13(12)2)14(10-15)6-4-7-16(3)11-14/h12-13H,4-11,15H2,1-3H3. The van der Waals surface area contributed by atoms with Crippen molar-refractivity contribution in [3.05, 3.63) is 0 Å². The summed E-state index contributed by atoms with van der Waals surface area (Å²) in [7, 11) is 2.24. The lowest BCUT2D eigenvalue weighted by atomic mass is 9.81. The Labute approximate surface area is 106 Å². The van der Waals surface area contributed by atoms with Gasteiger partial charge in [-0.1, -0.05) is 13.8 Å². The second-order valence-electron chi connectivity index (χ2n) is 6.46. The molecule has 100 valence electrons. The van der Waals surface area contributed by atoms with E-state index in [1.165, 1.54) is 38.9 Å². The fraction of sp³-hybridized carbons (Fsp3) is 1.00. The van der Waals surface area contributed by atoms with Gasteiger partial charge in [-0.15, -0.1) is 0 Å². The van der Waals surface area contributed by atoms with Gasteiger partial charge in [0.25, 0.3) is 0 Å². The lowest BCUT2D eigenvalue weighted by Crippen LogP contribution is -2.64. The molecule has 0 radical (unpaired) electrons. The van der Waals surface area contributed by atoms with Crippen LogP contribution in [0.1, 0.15) is 33.1 Å². The Morgan fingerprint density at radius 2 is 2.00 bits per heavy atom. The van der Waals surface area contributed by atoms with Crippen LogP contribution in [0.2, 0.25) is 0 Å². The van der Waals surface area contributed by atoms with Gasteiger partial charge in [-0.3, -0.25) is 4.90 Å². The van der Waals surface area contributed by atoms with Gasteiger partial charge in [-0.05, 0) is 51.2 Å². The van der Waals surface area contributed by atoms with Gasteiger partial charge in [0, 0.05) is 25.2 Å². The molecule has 0 aromatic rings. The number of hydrogen-bond acceptors (Lipinski definition) is 3. The average Bonchev–Trinajstić information content (AvgIpc) is 2.32. The summed E-state index contributed by atoms with van der Waals surface area (Å²) in [5.41, 5.74) is 6.41. The van der Waals surface area contributed by atoms with E-state index in [4.69, 9.17) is 5.73 Å². The van der Waals surface area contributed by atoms with E-state index < -0.39 is 0 Å². The Hall–Kier alpha value is -0.120. The number of hydrogen-bond donors (Lipinski definition) is 1. The number of likely N-dealkylation sites (tertiary alicyclic amines) is 2. The summed E-state index contributed by atoms with van der Waals surface area (Å²) >= 11 is 0. The van der Waals surface area contributed by atoms with E-state index in [0.717, 1.165) is 24.9 Å². The van der Waals surface area contributed by atoms with Crippen LogP contribution in [0.15, 0.2) is 0 Å². The molecule has 3 nitrogen and oxygen atoms in total. The summed E-state index contributed by atoms with van der Waals surface area (Å²) in [5.74, 6) is 1.70. The smallest absolute Gasteiger partial charge is 0.0458 e. The zero-order valence-corrected chi connectivity index (χ0v) is 11.8. The monoisotopic (exact) mass is 239 g/mol. The maximum absolute atomic E-state index is 6.14. The molecule has 0 saturated carbocycles. The van der Waals surface area contributed by atoms with Crippen molar-refractivity contribution in [2.24, 2.45) is 17.6 Å². The van der Waals surface area contributed by atoms with Crippen LogP contribution >= 0.6 is 0 Å². The normalized spacial score (nSPS) is 41.6. The molecule has 3 heteroatoms. The van der Waals surface area contributed by atoms with E-state index in [9.17, 15) is 0 Å². The molecule has 3 unspecified atom stereocenters. The van der Waals surface area contributed by atoms with Crippen molar-refractivity contribution >= 4 is 0 Å². The fourth-order valence-electron chi connectivity index (χ4n) is 3.59. The Bertz CT molecular complexity index is 256. The SMILES string of the molecule is CC1CCN(C2(CN)CCCN(C)C2)CC1C. The molecule has 17 heavy (non-hydrogen) atoms. The summed E-state index contributed by atoms with van der Waals surface area (Å²) in [6.07, 6.45) is 3.93. The number of nitrogens with zero attached hydrogens (tertiary/aromatic N) is 2. The quantitative estimate of drug-likeness (QED) is 0.790. The Morgan fingerprint density at radius 3 is 2.59 bits per heavy atom. The third kappa shape index (κ3) is 2.67. The molecule has 3 atom stereocenters. The molecule has 0 aromatic carbocycles. The predicted molar refractivity (Wildman–Crippen MR) is 73.0 cm³/mol. The summed E-state index contributed by atoms with van der Waals surface area (Å²) < 4.78 is 0. The molecule has 2 heterocycles. The Kier molecular flexibility index (Phi) is 4.11. The minimum Gasteiger partial charge on any atom is -0.329 e. The van der Waals surface area contributed by atoms with Gasteiger partial charge < -0.3 is 10.6 Å². The van der Waals surface area contributed by atoms with Crippen molar-refractivity contribution in [1.29, 1.82) is 0 Å². The lowest BCUT2D eigenvalue weighted by molar-refractivity contribution is -0.0123. The zero-order valence-electron chi connectivity index (χ0n) is 11.8. The van der Waals surface area contributed by atoms with Crippen molar-refractivity contribution in [3.8, 4) is 0 Å². The van der Waals surface area contributed by atoms with E-state index in [1.54, 1.807) is 0 Å². The molecule has 2 saturated heterocycles. The molecular weight excluding hydrogens is 210 g/mol. The van der Waals surface area contributed by atoms with E-state index in [2.05, 4.69) is 30.7 Å². The van der Waals surface area contributed by atoms with Crippen molar-refractivity contribution in [1.82, 2.24) is 9.80 Å². The molecule has 2 N–H and O–H groups in total. The molecule has 0 aliphatic carbocycles. The van der Waals surface area contributed by atoms with Gasteiger partial charge in [0.15, 0.2) is 0 Å². The third-order valence-electron chi connectivity index (χ3n) is 5.13. The highest BCUT2D eigenvalue weighted by molar-refractivity contribution is 4.98. The van der Waals surface area contributed by atoms with Crippen LogP contribution < -0.4 is 5.73 Å². The van der Waals surface area contributed by atoms with E-state index in [0.29, 0.717) is 0 Å². The highest BCUT2D eigenvalue weighted by Crippen LogP contribution is 2.32. The third-order valence-corrected chi connectivity index (χ3v) is 5.13. The molecule has 0 bridgehead atoms. The first kappa shape index (κ1) is 13.3. The van der Waals surface area contributed by atoms with E-state index in [-0.39, 0.29) is 5.54 Å². The molecule has 0 aromatic heterocycles. The Balaban J connectivity index is 2.07. The lowest BCUT2D eigenvalue weighted by Gasteiger charge is -2.52. The van der Waals surface area contributed by atoms with Gasteiger partial charge in [-0.25, -0.2) is 0 Å². The first-order valence-corrected chi connectivity index (χ1v) is 7.21. The van der Waals surface area contributed by atoms with Crippen LogP contribution in [0.4, 0.5) is 0 Å². The summed E-state index contributed by atoms with van der Waals surface area (Å²) in [5, 5.41) is 0. The first-order valence-electron chi connectivity index (χ1n) is 7.21. The number of rotatable bonds is 2. The number of likely N-dealkylation sites (N-methyl/N-ethyl adjacent to an activating group) is 1. The summed E-state index contributed by atoms with van der Waals surface area (Å²) in [6.45, 7) is 10.5. The molecule has 2 aliphatic heterocycles. The van der Waals surface area contributed by atoms with E-state index >= 15 is 0 Å². The van der Waals surface area contributed by atoms with Crippen molar-refractivity contribution in [2.45, 2.75) is 38.6 Å². The second-order valence-corrected chi connectivity index (χ2v) is 6.46. The van der Waals surface area contributed by atoms with Crippen molar-refractivity contribution in [2.75, 3.05) is 39.8 Å². The molecular formula is C14H29N3. The van der Waals surface area contributed by atoms with Crippen LogP contribution in [0, 0.1) is 11.8 Å². The van der Waals surface area contributed by atoms with Gasteiger partial charge in [0.1, 0.15) is 0 Å². The molecule has 0 amide bonds. The van der Waals surface area contributed by atoms with Crippen molar-refractivity contribution < 1.29 is 0 Å². The first-order chi connectivity index (χ1) is 8.07. The van der Waals surface area contributed by atoms with Crippen molar-refractivity contribution in [3.63, 3.8) is 0 Å². The molecule has 2 aliphatic rings. The minimum atomic E-state index is 0.265. The maximum atomic E-state index is 6.14. The highest BCUT2D eigenvalue weighted by atomic mass is 15.3. The average molecular weight is 239 g/mol.